The van der Waals surface area contributed by atoms with E-state index >= 15 is 0 Å². The van der Waals surface area contributed by atoms with Gasteiger partial charge in [-0.05, 0) is 62.4 Å². The van der Waals surface area contributed by atoms with Crippen molar-refractivity contribution >= 4 is 10.8 Å². The van der Waals surface area contributed by atoms with Crippen molar-refractivity contribution < 1.29 is 0 Å². The maximum atomic E-state index is 9.52. The molecular weight excluding hydrogens is 585 g/mol. The minimum atomic E-state index is 0.638. The lowest BCUT2D eigenvalue weighted by Gasteiger charge is -2.10. The van der Waals surface area contributed by atoms with E-state index in [9.17, 15) is 5.26 Å². The Labute approximate surface area is 279 Å². The van der Waals surface area contributed by atoms with Crippen LogP contribution in [0.25, 0.3) is 78.3 Å². The number of hydrogen-bond donors (Lipinski definition) is 0. The van der Waals surface area contributed by atoms with Crippen molar-refractivity contribution in [2.24, 2.45) is 0 Å². The molecule has 0 unspecified atom stereocenters. The van der Waals surface area contributed by atoms with Gasteiger partial charge in [0.1, 0.15) is 0 Å². The molecule has 7 aromatic carbocycles. The zero-order valence-electron chi connectivity index (χ0n) is 26.0. The van der Waals surface area contributed by atoms with Crippen LogP contribution >= 0.6 is 0 Å². The van der Waals surface area contributed by atoms with E-state index in [-0.39, 0.29) is 0 Å². The molecule has 4 heteroatoms. The van der Waals surface area contributed by atoms with E-state index in [1.54, 1.807) is 0 Å². The first-order chi connectivity index (χ1) is 23.7. The minimum absolute atomic E-state index is 0.638. The Balaban J connectivity index is 1.10. The standard InChI is InChI=1S/C44H28N4/c45-29-39-13-7-8-14-41(39)33-21-15-30(16-22-33)37-25-19-32-20-26-38(28-40(32)27-37)31-17-23-36(24-18-31)44-47-42(34-9-3-1-4-10-34)46-43(48-44)35-11-5-2-6-12-35/h1-28H. The number of nitriles is 1. The van der Waals surface area contributed by atoms with Crippen LogP contribution in [0.5, 0.6) is 0 Å². The molecule has 0 aliphatic heterocycles. The van der Waals surface area contributed by atoms with Crippen molar-refractivity contribution in [2.75, 3.05) is 0 Å². The van der Waals surface area contributed by atoms with Gasteiger partial charge in [0.2, 0.25) is 0 Å². The van der Waals surface area contributed by atoms with E-state index in [1.165, 1.54) is 10.8 Å². The molecule has 0 spiro atoms. The van der Waals surface area contributed by atoms with Crippen LogP contribution in [-0.2, 0) is 0 Å². The Morgan fingerprint density at radius 2 is 0.729 bits per heavy atom. The van der Waals surface area contributed by atoms with E-state index in [0.29, 0.717) is 23.0 Å². The maximum Gasteiger partial charge on any atom is 0.164 e. The van der Waals surface area contributed by atoms with Gasteiger partial charge in [-0.1, -0.05) is 152 Å². The van der Waals surface area contributed by atoms with Gasteiger partial charge in [0.15, 0.2) is 17.5 Å². The van der Waals surface area contributed by atoms with Gasteiger partial charge in [0.05, 0.1) is 11.6 Å². The summed E-state index contributed by atoms with van der Waals surface area (Å²) in [5.74, 6) is 1.94. The van der Waals surface area contributed by atoms with E-state index < -0.39 is 0 Å². The number of aromatic nitrogens is 3. The molecule has 0 fully saturated rings. The first kappa shape index (κ1) is 28.8. The highest BCUT2D eigenvalue weighted by molar-refractivity contribution is 5.91. The number of nitrogens with zero attached hydrogens (tertiary/aromatic N) is 4. The number of hydrogen-bond acceptors (Lipinski definition) is 4. The molecule has 4 nitrogen and oxygen atoms in total. The summed E-state index contributed by atoms with van der Waals surface area (Å²) in [6, 6.07) is 60.1. The van der Waals surface area contributed by atoms with Gasteiger partial charge in [-0.15, -0.1) is 0 Å². The predicted molar refractivity (Wildman–Crippen MR) is 195 cm³/mol. The van der Waals surface area contributed by atoms with E-state index in [1.807, 2.05) is 84.9 Å². The molecule has 0 amide bonds. The highest BCUT2D eigenvalue weighted by Crippen LogP contribution is 2.32. The van der Waals surface area contributed by atoms with Crippen molar-refractivity contribution in [2.45, 2.75) is 0 Å². The molecule has 48 heavy (non-hydrogen) atoms. The second-order valence-corrected chi connectivity index (χ2v) is 11.6. The Morgan fingerprint density at radius 1 is 0.333 bits per heavy atom. The van der Waals surface area contributed by atoms with Crippen LogP contribution in [0.2, 0.25) is 0 Å². The summed E-state index contributed by atoms with van der Waals surface area (Å²) in [5, 5.41) is 11.9. The third-order valence-electron chi connectivity index (χ3n) is 8.59. The average Bonchev–Trinajstić information content (AvgIpc) is 3.18. The molecule has 0 saturated heterocycles. The number of fused-ring (bicyclic) bond motifs is 1. The van der Waals surface area contributed by atoms with E-state index in [2.05, 4.69) is 91.0 Å². The van der Waals surface area contributed by atoms with Crippen molar-refractivity contribution in [3.05, 3.63) is 175 Å². The van der Waals surface area contributed by atoms with Gasteiger partial charge in [-0.3, -0.25) is 0 Å². The molecule has 1 aromatic heterocycles. The zero-order chi connectivity index (χ0) is 32.3. The molecule has 0 saturated carbocycles. The first-order valence-corrected chi connectivity index (χ1v) is 15.8. The first-order valence-electron chi connectivity index (χ1n) is 15.8. The zero-order valence-corrected chi connectivity index (χ0v) is 26.0. The summed E-state index contributed by atoms with van der Waals surface area (Å²) < 4.78 is 0. The van der Waals surface area contributed by atoms with Crippen LogP contribution in [0.1, 0.15) is 5.56 Å². The fourth-order valence-corrected chi connectivity index (χ4v) is 6.03. The molecule has 0 N–H and O–H groups in total. The summed E-state index contributed by atoms with van der Waals surface area (Å²) in [6.07, 6.45) is 0. The molecule has 8 rings (SSSR count). The second-order valence-electron chi connectivity index (χ2n) is 11.6. The molecule has 0 aliphatic rings. The van der Waals surface area contributed by atoms with Crippen LogP contribution in [0.3, 0.4) is 0 Å². The minimum Gasteiger partial charge on any atom is -0.208 e. The largest absolute Gasteiger partial charge is 0.208 e. The fourth-order valence-electron chi connectivity index (χ4n) is 6.03. The van der Waals surface area contributed by atoms with E-state index in [4.69, 9.17) is 15.0 Å². The van der Waals surface area contributed by atoms with Crippen LogP contribution in [0, 0.1) is 11.3 Å². The van der Waals surface area contributed by atoms with Crippen LogP contribution in [0.4, 0.5) is 0 Å². The van der Waals surface area contributed by atoms with Crippen LogP contribution < -0.4 is 0 Å². The monoisotopic (exact) mass is 612 g/mol. The highest BCUT2D eigenvalue weighted by Gasteiger charge is 2.13. The Bertz CT molecular complexity index is 2370. The quantitative estimate of drug-likeness (QED) is 0.187. The molecule has 0 aliphatic carbocycles. The molecule has 0 atom stereocenters. The van der Waals surface area contributed by atoms with Gasteiger partial charge >= 0.3 is 0 Å². The van der Waals surface area contributed by atoms with Crippen molar-refractivity contribution in [3.63, 3.8) is 0 Å². The van der Waals surface area contributed by atoms with Crippen LogP contribution in [-0.4, -0.2) is 15.0 Å². The van der Waals surface area contributed by atoms with E-state index in [0.717, 1.165) is 50.1 Å². The topological polar surface area (TPSA) is 62.5 Å². The van der Waals surface area contributed by atoms with Gasteiger partial charge in [0.25, 0.3) is 0 Å². The Kier molecular flexibility index (Phi) is 7.54. The Hall–Kier alpha value is -6.70. The number of rotatable bonds is 6. The highest BCUT2D eigenvalue weighted by atomic mass is 15.0. The smallest absolute Gasteiger partial charge is 0.164 e. The van der Waals surface area contributed by atoms with Gasteiger partial charge in [-0.2, -0.15) is 5.26 Å². The van der Waals surface area contributed by atoms with Gasteiger partial charge in [0, 0.05) is 16.7 Å². The molecule has 224 valence electrons. The summed E-state index contributed by atoms with van der Waals surface area (Å²) in [6.45, 7) is 0. The van der Waals surface area contributed by atoms with Crippen molar-refractivity contribution in [3.8, 4) is 73.6 Å². The number of benzene rings is 7. The summed E-state index contributed by atoms with van der Waals surface area (Å²) in [7, 11) is 0. The van der Waals surface area contributed by atoms with Crippen molar-refractivity contribution in [1.29, 1.82) is 5.26 Å². The summed E-state index contributed by atoms with van der Waals surface area (Å²) in [5.41, 5.74) is 10.0. The van der Waals surface area contributed by atoms with Crippen molar-refractivity contribution in [1.82, 2.24) is 15.0 Å². The van der Waals surface area contributed by atoms with Gasteiger partial charge < -0.3 is 0 Å². The summed E-state index contributed by atoms with van der Waals surface area (Å²) >= 11 is 0. The molecule has 8 aromatic rings. The normalized spacial score (nSPS) is 10.9. The maximum absolute atomic E-state index is 9.52. The lowest BCUT2D eigenvalue weighted by Crippen LogP contribution is -2.00. The fraction of sp³-hybridized carbons (Fsp3) is 0. The van der Waals surface area contributed by atoms with Gasteiger partial charge in [-0.25, -0.2) is 15.0 Å². The van der Waals surface area contributed by atoms with Crippen LogP contribution in [0.15, 0.2) is 170 Å². The lowest BCUT2D eigenvalue weighted by atomic mass is 9.95. The molecular formula is C44H28N4. The second kappa shape index (κ2) is 12.6. The third-order valence-corrected chi connectivity index (χ3v) is 8.59. The SMILES string of the molecule is N#Cc1ccccc1-c1ccc(-c2ccc3ccc(-c4ccc(-c5nc(-c6ccccc6)nc(-c6ccccc6)n5)cc4)cc3c2)cc1. The third kappa shape index (κ3) is 5.73. The summed E-state index contributed by atoms with van der Waals surface area (Å²) in [4.78, 5) is 14.6. The molecule has 0 radical (unpaired) electrons. The lowest BCUT2D eigenvalue weighted by molar-refractivity contribution is 1.07. The molecule has 1 heterocycles. The Morgan fingerprint density at radius 3 is 1.23 bits per heavy atom. The average molecular weight is 613 g/mol. The predicted octanol–water partition coefficient (Wildman–Crippen LogP) is 10.9. The molecule has 0 bridgehead atoms.